The smallest absolute Gasteiger partial charge is 0.257 e. The van der Waals surface area contributed by atoms with Crippen molar-refractivity contribution in [2.24, 2.45) is 0 Å². The van der Waals surface area contributed by atoms with Gasteiger partial charge in [-0.2, -0.15) is 11.3 Å². The first-order chi connectivity index (χ1) is 13.6. The van der Waals surface area contributed by atoms with Gasteiger partial charge in [0.2, 0.25) is 0 Å². The summed E-state index contributed by atoms with van der Waals surface area (Å²) in [6, 6.07) is 13.6. The van der Waals surface area contributed by atoms with E-state index in [1.165, 1.54) is 5.56 Å². The van der Waals surface area contributed by atoms with Crippen LogP contribution in [-0.4, -0.2) is 30.1 Å². The molecule has 3 heterocycles. The Labute approximate surface area is 169 Å². The van der Waals surface area contributed by atoms with Crippen LogP contribution in [0, 0.1) is 6.92 Å². The monoisotopic (exact) mass is 393 g/mol. The van der Waals surface area contributed by atoms with Crippen LogP contribution in [0.1, 0.15) is 34.5 Å². The fraction of sp³-hybridized carbons (Fsp3) is 0.273. The maximum Gasteiger partial charge on any atom is 0.257 e. The number of hydrogen-bond donors (Lipinski definition) is 1. The third-order valence-corrected chi connectivity index (χ3v) is 5.52. The molecule has 144 valence electrons. The van der Waals surface area contributed by atoms with Crippen LogP contribution in [0.15, 0.2) is 59.4 Å². The van der Waals surface area contributed by atoms with Gasteiger partial charge in [-0.05, 0) is 60.5 Å². The Balaban J connectivity index is 1.44. The van der Waals surface area contributed by atoms with Crippen LogP contribution in [0.4, 0.5) is 11.5 Å². The van der Waals surface area contributed by atoms with Crippen LogP contribution >= 0.6 is 11.3 Å². The minimum Gasteiger partial charge on any atom is -0.367 e. The molecule has 1 aliphatic heterocycles. The van der Waals surface area contributed by atoms with Gasteiger partial charge in [-0.3, -0.25) is 4.79 Å². The number of benzene rings is 1. The third kappa shape index (κ3) is 4.24. The summed E-state index contributed by atoms with van der Waals surface area (Å²) in [4.78, 5) is 19.2. The van der Waals surface area contributed by atoms with Gasteiger partial charge in [-0.1, -0.05) is 17.7 Å². The van der Waals surface area contributed by atoms with Gasteiger partial charge >= 0.3 is 0 Å². The molecule has 1 aromatic carbocycles. The molecule has 6 heteroatoms. The van der Waals surface area contributed by atoms with Crippen molar-refractivity contribution < 1.29 is 9.53 Å². The number of aryl methyl sites for hydroxylation is 1. The highest BCUT2D eigenvalue weighted by Crippen LogP contribution is 2.29. The van der Waals surface area contributed by atoms with E-state index in [-0.39, 0.29) is 18.1 Å². The Morgan fingerprint density at radius 2 is 2.00 bits per heavy atom. The predicted octanol–water partition coefficient (Wildman–Crippen LogP) is 4.67. The number of carbonyl (C=O) groups excluding carboxylic acids is 1. The van der Waals surface area contributed by atoms with Crippen molar-refractivity contribution in [3.63, 3.8) is 0 Å². The zero-order valence-electron chi connectivity index (χ0n) is 16.0. The highest BCUT2D eigenvalue weighted by Gasteiger charge is 2.27. The normalized spacial score (nSPS) is 19.4. The molecule has 1 saturated heterocycles. The second-order valence-electron chi connectivity index (χ2n) is 7.12. The lowest BCUT2D eigenvalue weighted by Gasteiger charge is -2.37. The fourth-order valence-corrected chi connectivity index (χ4v) is 4.03. The van der Waals surface area contributed by atoms with Gasteiger partial charge in [0.1, 0.15) is 11.9 Å². The van der Waals surface area contributed by atoms with E-state index in [4.69, 9.17) is 4.74 Å². The SMILES string of the molecule is Cc1ccc(NC(=O)c2ccc(N3CC(C)OC(c4ccsc4)C3)nc2)cc1. The fourth-order valence-electron chi connectivity index (χ4n) is 3.33. The van der Waals surface area contributed by atoms with E-state index in [0.717, 1.165) is 30.2 Å². The van der Waals surface area contributed by atoms with Gasteiger partial charge < -0.3 is 15.0 Å². The Kier molecular flexibility index (Phi) is 5.41. The van der Waals surface area contributed by atoms with Crippen LogP contribution in [0.5, 0.6) is 0 Å². The molecule has 5 nitrogen and oxygen atoms in total. The summed E-state index contributed by atoms with van der Waals surface area (Å²) < 4.78 is 6.09. The van der Waals surface area contributed by atoms with E-state index in [2.05, 4.69) is 39.0 Å². The molecule has 2 aromatic heterocycles. The van der Waals surface area contributed by atoms with Crippen molar-refractivity contribution in [2.45, 2.75) is 26.1 Å². The third-order valence-electron chi connectivity index (χ3n) is 4.82. The first-order valence-electron chi connectivity index (χ1n) is 9.35. The van der Waals surface area contributed by atoms with Crippen LogP contribution in [0.3, 0.4) is 0 Å². The van der Waals surface area contributed by atoms with Crippen molar-refractivity contribution >= 4 is 28.7 Å². The summed E-state index contributed by atoms with van der Waals surface area (Å²) in [6.07, 6.45) is 1.80. The molecule has 3 aromatic rings. The van der Waals surface area contributed by atoms with Crippen molar-refractivity contribution in [2.75, 3.05) is 23.3 Å². The molecule has 1 N–H and O–H groups in total. The number of nitrogens with zero attached hydrogens (tertiary/aromatic N) is 2. The van der Waals surface area contributed by atoms with Crippen molar-refractivity contribution in [1.82, 2.24) is 4.98 Å². The van der Waals surface area contributed by atoms with Gasteiger partial charge in [-0.15, -0.1) is 0 Å². The summed E-state index contributed by atoms with van der Waals surface area (Å²) in [6.45, 7) is 5.63. The van der Waals surface area contributed by atoms with Gasteiger partial charge in [-0.25, -0.2) is 4.98 Å². The summed E-state index contributed by atoms with van der Waals surface area (Å²) in [5, 5.41) is 7.11. The highest BCUT2D eigenvalue weighted by molar-refractivity contribution is 7.07. The molecule has 1 amide bonds. The predicted molar refractivity (Wildman–Crippen MR) is 113 cm³/mol. The maximum atomic E-state index is 12.5. The topological polar surface area (TPSA) is 54.5 Å². The van der Waals surface area contributed by atoms with Crippen molar-refractivity contribution in [3.05, 3.63) is 76.1 Å². The number of thiophene rings is 1. The van der Waals surface area contributed by atoms with Crippen molar-refractivity contribution in [3.8, 4) is 0 Å². The lowest BCUT2D eigenvalue weighted by Crippen LogP contribution is -2.43. The zero-order valence-corrected chi connectivity index (χ0v) is 16.8. The number of amides is 1. The zero-order chi connectivity index (χ0) is 19.5. The lowest BCUT2D eigenvalue weighted by molar-refractivity contribution is -0.0174. The molecule has 0 aliphatic carbocycles. The Bertz CT molecular complexity index is 923. The van der Waals surface area contributed by atoms with Crippen LogP contribution in [0.2, 0.25) is 0 Å². The Morgan fingerprint density at radius 1 is 1.18 bits per heavy atom. The Hall–Kier alpha value is -2.70. The number of morpholine rings is 1. The summed E-state index contributed by atoms with van der Waals surface area (Å²) in [7, 11) is 0. The average molecular weight is 394 g/mol. The molecule has 1 fully saturated rings. The van der Waals surface area contributed by atoms with Crippen LogP contribution < -0.4 is 10.2 Å². The number of hydrogen-bond acceptors (Lipinski definition) is 5. The summed E-state index contributed by atoms with van der Waals surface area (Å²) in [5.74, 6) is 0.705. The molecule has 0 radical (unpaired) electrons. The van der Waals surface area contributed by atoms with Crippen molar-refractivity contribution in [1.29, 1.82) is 0 Å². The van der Waals surface area contributed by atoms with E-state index in [9.17, 15) is 4.79 Å². The van der Waals surface area contributed by atoms with E-state index < -0.39 is 0 Å². The molecule has 0 saturated carbocycles. The number of anilines is 2. The standard InChI is InChI=1S/C22H23N3O2S/c1-15-3-6-19(7-4-15)24-22(26)17-5-8-21(23-11-17)25-12-16(2)27-20(13-25)18-9-10-28-14-18/h3-11,14,16,20H,12-13H2,1-2H3,(H,24,26). The van der Waals surface area contributed by atoms with Crippen LogP contribution in [0.25, 0.3) is 0 Å². The molecule has 0 spiro atoms. The number of nitrogens with one attached hydrogen (secondary N) is 1. The number of aromatic nitrogens is 1. The molecule has 1 aliphatic rings. The van der Waals surface area contributed by atoms with Gasteiger partial charge in [0.25, 0.3) is 5.91 Å². The first-order valence-corrected chi connectivity index (χ1v) is 10.3. The summed E-state index contributed by atoms with van der Waals surface area (Å²) >= 11 is 1.68. The molecule has 2 atom stereocenters. The molecule has 0 bridgehead atoms. The molecular formula is C22H23N3O2S. The second-order valence-corrected chi connectivity index (χ2v) is 7.90. The van der Waals surface area contributed by atoms with E-state index in [1.807, 2.05) is 43.3 Å². The van der Waals surface area contributed by atoms with Gasteiger partial charge in [0.15, 0.2) is 0 Å². The largest absolute Gasteiger partial charge is 0.367 e. The minimum atomic E-state index is -0.158. The van der Waals surface area contributed by atoms with Crippen LogP contribution in [-0.2, 0) is 4.74 Å². The number of rotatable bonds is 4. The summed E-state index contributed by atoms with van der Waals surface area (Å²) in [5.41, 5.74) is 3.68. The first kappa shape index (κ1) is 18.7. The highest BCUT2D eigenvalue weighted by atomic mass is 32.1. The molecular weight excluding hydrogens is 370 g/mol. The number of pyridine rings is 1. The maximum absolute atomic E-state index is 12.5. The van der Waals surface area contributed by atoms with E-state index in [1.54, 1.807) is 17.5 Å². The minimum absolute atomic E-state index is 0.0429. The Morgan fingerprint density at radius 3 is 2.68 bits per heavy atom. The molecule has 4 rings (SSSR count). The molecule has 2 unspecified atom stereocenters. The number of carbonyl (C=O) groups is 1. The lowest BCUT2D eigenvalue weighted by atomic mass is 10.1. The van der Waals surface area contributed by atoms with E-state index in [0.29, 0.717) is 5.56 Å². The quantitative estimate of drug-likeness (QED) is 0.700. The second kappa shape index (κ2) is 8.12. The van der Waals surface area contributed by atoms with Gasteiger partial charge in [0.05, 0.1) is 11.7 Å². The number of ether oxygens (including phenoxy) is 1. The average Bonchev–Trinajstić information content (AvgIpc) is 3.24. The molecule has 28 heavy (non-hydrogen) atoms. The van der Waals surface area contributed by atoms with Gasteiger partial charge in [0, 0.05) is 25.0 Å². The van der Waals surface area contributed by atoms with E-state index >= 15 is 0 Å².